The Morgan fingerprint density at radius 3 is 2.50 bits per heavy atom. The SMILES string of the molecule is CCCNC(=O)CN1CCC(C(N)=O)CC1. The summed E-state index contributed by atoms with van der Waals surface area (Å²) in [4.78, 5) is 24.5. The normalized spacial score (nSPS) is 18.3. The molecule has 0 atom stereocenters. The van der Waals surface area contributed by atoms with Crippen LogP contribution in [0.25, 0.3) is 0 Å². The minimum atomic E-state index is -0.213. The third-order valence-electron chi connectivity index (χ3n) is 2.93. The highest BCUT2D eigenvalue weighted by Gasteiger charge is 2.23. The summed E-state index contributed by atoms with van der Waals surface area (Å²) in [7, 11) is 0. The van der Waals surface area contributed by atoms with Crippen LogP contribution in [-0.4, -0.2) is 42.9 Å². The molecule has 1 saturated heterocycles. The van der Waals surface area contributed by atoms with E-state index in [1.807, 2.05) is 6.92 Å². The fourth-order valence-corrected chi connectivity index (χ4v) is 1.90. The molecule has 0 aromatic carbocycles. The lowest BCUT2D eigenvalue weighted by molar-refractivity contribution is -0.124. The van der Waals surface area contributed by atoms with Gasteiger partial charge in [0.25, 0.3) is 0 Å². The van der Waals surface area contributed by atoms with E-state index in [0.717, 1.165) is 38.9 Å². The minimum absolute atomic E-state index is 0.00467. The number of hydrogen-bond acceptors (Lipinski definition) is 3. The number of nitrogens with one attached hydrogen (secondary N) is 1. The van der Waals surface area contributed by atoms with Crippen LogP contribution in [-0.2, 0) is 9.59 Å². The lowest BCUT2D eigenvalue weighted by Gasteiger charge is -2.29. The van der Waals surface area contributed by atoms with Crippen LogP contribution in [0, 0.1) is 5.92 Å². The lowest BCUT2D eigenvalue weighted by atomic mass is 9.96. The Balaban J connectivity index is 2.21. The molecule has 1 fully saturated rings. The molecule has 0 aromatic heterocycles. The van der Waals surface area contributed by atoms with Crippen LogP contribution in [0.5, 0.6) is 0 Å². The lowest BCUT2D eigenvalue weighted by Crippen LogP contribution is -2.43. The van der Waals surface area contributed by atoms with E-state index in [4.69, 9.17) is 5.73 Å². The van der Waals surface area contributed by atoms with Gasteiger partial charge in [0.1, 0.15) is 0 Å². The smallest absolute Gasteiger partial charge is 0.234 e. The second kappa shape index (κ2) is 6.48. The van der Waals surface area contributed by atoms with Crippen molar-refractivity contribution < 1.29 is 9.59 Å². The van der Waals surface area contributed by atoms with Crippen molar-refractivity contribution in [3.63, 3.8) is 0 Å². The van der Waals surface area contributed by atoms with Crippen molar-refractivity contribution >= 4 is 11.8 Å². The Morgan fingerprint density at radius 1 is 1.38 bits per heavy atom. The molecule has 0 saturated carbocycles. The molecule has 0 aromatic rings. The molecule has 0 unspecified atom stereocenters. The van der Waals surface area contributed by atoms with Gasteiger partial charge in [-0.2, -0.15) is 0 Å². The Bertz CT molecular complexity index is 248. The molecule has 16 heavy (non-hydrogen) atoms. The van der Waals surface area contributed by atoms with E-state index in [1.165, 1.54) is 0 Å². The fourth-order valence-electron chi connectivity index (χ4n) is 1.90. The van der Waals surface area contributed by atoms with Crippen molar-refractivity contribution in [1.29, 1.82) is 0 Å². The summed E-state index contributed by atoms with van der Waals surface area (Å²) in [5.74, 6) is -0.149. The average molecular weight is 227 g/mol. The molecule has 5 nitrogen and oxygen atoms in total. The highest BCUT2D eigenvalue weighted by molar-refractivity contribution is 5.78. The highest BCUT2D eigenvalue weighted by atomic mass is 16.2. The zero-order valence-corrected chi connectivity index (χ0v) is 9.87. The molecule has 3 N–H and O–H groups in total. The largest absolute Gasteiger partial charge is 0.369 e. The molecular weight excluding hydrogens is 206 g/mol. The van der Waals surface area contributed by atoms with E-state index < -0.39 is 0 Å². The van der Waals surface area contributed by atoms with E-state index in [2.05, 4.69) is 10.2 Å². The summed E-state index contributed by atoms with van der Waals surface area (Å²) < 4.78 is 0. The van der Waals surface area contributed by atoms with Crippen molar-refractivity contribution in [3.8, 4) is 0 Å². The molecular formula is C11H21N3O2. The van der Waals surface area contributed by atoms with Gasteiger partial charge in [-0.25, -0.2) is 0 Å². The van der Waals surface area contributed by atoms with E-state index in [9.17, 15) is 9.59 Å². The van der Waals surface area contributed by atoms with Crippen molar-refractivity contribution in [2.45, 2.75) is 26.2 Å². The molecule has 0 spiro atoms. The zero-order valence-electron chi connectivity index (χ0n) is 9.87. The molecule has 1 aliphatic rings. The Hall–Kier alpha value is -1.10. The van der Waals surface area contributed by atoms with Gasteiger partial charge in [0.15, 0.2) is 0 Å². The number of primary amides is 1. The first-order valence-electron chi connectivity index (χ1n) is 5.91. The van der Waals surface area contributed by atoms with E-state index in [1.54, 1.807) is 0 Å². The number of nitrogens with two attached hydrogens (primary N) is 1. The summed E-state index contributed by atoms with van der Waals surface area (Å²) in [6, 6.07) is 0. The highest BCUT2D eigenvalue weighted by Crippen LogP contribution is 2.15. The van der Waals surface area contributed by atoms with Gasteiger partial charge in [-0.1, -0.05) is 6.92 Å². The number of likely N-dealkylation sites (tertiary alicyclic amines) is 1. The molecule has 0 bridgehead atoms. The quantitative estimate of drug-likeness (QED) is 0.677. The van der Waals surface area contributed by atoms with Gasteiger partial charge in [0, 0.05) is 12.5 Å². The van der Waals surface area contributed by atoms with Crippen molar-refractivity contribution in [2.75, 3.05) is 26.2 Å². The van der Waals surface area contributed by atoms with Crippen LogP contribution in [0.15, 0.2) is 0 Å². The van der Waals surface area contributed by atoms with Gasteiger partial charge in [-0.3, -0.25) is 14.5 Å². The number of carbonyl (C=O) groups excluding carboxylic acids is 2. The Morgan fingerprint density at radius 2 is 2.00 bits per heavy atom. The molecule has 92 valence electrons. The summed E-state index contributed by atoms with van der Waals surface area (Å²) in [6.45, 7) is 4.76. The number of rotatable bonds is 5. The predicted molar refractivity (Wildman–Crippen MR) is 61.7 cm³/mol. The predicted octanol–water partition coefficient (Wildman–Crippen LogP) is -0.290. The second-order valence-corrected chi connectivity index (χ2v) is 4.30. The van der Waals surface area contributed by atoms with Gasteiger partial charge in [0.2, 0.25) is 11.8 Å². The Labute approximate surface area is 96.4 Å². The summed E-state index contributed by atoms with van der Waals surface area (Å²) in [5, 5.41) is 2.84. The fraction of sp³-hybridized carbons (Fsp3) is 0.818. The third kappa shape index (κ3) is 4.18. The maximum absolute atomic E-state index is 11.4. The summed E-state index contributed by atoms with van der Waals surface area (Å²) >= 11 is 0. The van der Waals surface area contributed by atoms with Gasteiger partial charge in [-0.05, 0) is 32.4 Å². The third-order valence-corrected chi connectivity index (χ3v) is 2.93. The molecule has 2 amide bonds. The van der Waals surface area contributed by atoms with Crippen molar-refractivity contribution in [2.24, 2.45) is 11.7 Å². The maximum Gasteiger partial charge on any atom is 0.234 e. The molecule has 1 rings (SSSR count). The average Bonchev–Trinajstić information content (AvgIpc) is 2.27. The molecule has 5 heteroatoms. The van der Waals surface area contributed by atoms with Crippen LogP contribution in [0.2, 0.25) is 0 Å². The zero-order chi connectivity index (χ0) is 12.0. The number of amides is 2. The van der Waals surface area contributed by atoms with Crippen LogP contribution in [0.1, 0.15) is 26.2 Å². The number of carbonyl (C=O) groups is 2. The number of hydrogen-bond donors (Lipinski definition) is 2. The summed E-state index contributed by atoms with van der Waals surface area (Å²) in [5.41, 5.74) is 5.24. The standard InChI is InChI=1S/C11H21N3O2/c1-2-5-13-10(15)8-14-6-3-9(4-7-14)11(12)16/h9H,2-8H2,1H3,(H2,12,16)(H,13,15). The summed E-state index contributed by atoms with van der Waals surface area (Å²) in [6.07, 6.45) is 2.50. The van der Waals surface area contributed by atoms with E-state index >= 15 is 0 Å². The van der Waals surface area contributed by atoms with Crippen molar-refractivity contribution in [1.82, 2.24) is 10.2 Å². The second-order valence-electron chi connectivity index (χ2n) is 4.30. The molecule has 1 aliphatic heterocycles. The van der Waals surface area contributed by atoms with E-state index in [0.29, 0.717) is 6.54 Å². The number of piperidine rings is 1. The molecule has 0 radical (unpaired) electrons. The van der Waals surface area contributed by atoms with Gasteiger partial charge < -0.3 is 11.1 Å². The first-order chi connectivity index (χ1) is 7.63. The minimum Gasteiger partial charge on any atom is -0.369 e. The van der Waals surface area contributed by atoms with Gasteiger partial charge in [-0.15, -0.1) is 0 Å². The van der Waals surface area contributed by atoms with E-state index in [-0.39, 0.29) is 17.7 Å². The monoisotopic (exact) mass is 227 g/mol. The van der Waals surface area contributed by atoms with Gasteiger partial charge in [0.05, 0.1) is 6.54 Å². The first-order valence-corrected chi connectivity index (χ1v) is 5.91. The number of nitrogens with zero attached hydrogens (tertiary/aromatic N) is 1. The molecule has 0 aliphatic carbocycles. The molecule has 1 heterocycles. The van der Waals surface area contributed by atoms with Gasteiger partial charge >= 0.3 is 0 Å². The van der Waals surface area contributed by atoms with Crippen LogP contribution < -0.4 is 11.1 Å². The first kappa shape index (κ1) is 13.0. The Kier molecular flexibility index (Phi) is 5.25. The maximum atomic E-state index is 11.4. The topological polar surface area (TPSA) is 75.4 Å². The van der Waals surface area contributed by atoms with Crippen LogP contribution in [0.3, 0.4) is 0 Å². The van der Waals surface area contributed by atoms with Crippen LogP contribution in [0.4, 0.5) is 0 Å². The van der Waals surface area contributed by atoms with Crippen LogP contribution >= 0.6 is 0 Å². The van der Waals surface area contributed by atoms with Crippen molar-refractivity contribution in [3.05, 3.63) is 0 Å².